The molecule has 2 aromatic carbocycles. The Labute approximate surface area is 181 Å². The van der Waals surface area contributed by atoms with Crippen molar-refractivity contribution in [2.75, 3.05) is 19.0 Å². The SMILES string of the molecule is CN(C1CCCCC1)S(=O)(=O)c1ccccc1NC(=O)COc1cccc([N+](=O)[O-])c1. The van der Waals surface area contributed by atoms with E-state index in [-0.39, 0.29) is 28.1 Å². The predicted molar refractivity (Wildman–Crippen MR) is 115 cm³/mol. The summed E-state index contributed by atoms with van der Waals surface area (Å²) in [6.07, 6.45) is 4.75. The number of sulfonamides is 1. The number of anilines is 1. The summed E-state index contributed by atoms with van der Waals surface area (Å²) in [5.74, 6) is -0.406. The number of nitrogens with zero attached hydrogens (tertiary/aromatic N) is 2. The van der Waals surface area contributed by atoms with Crippen LogP contribution in [0.5, 0.6) is 5.75 Å². The van der Waals surface area contributed by atoms with Crippen molar-refractivity contribution in [3.8, 4) is 5.75 Å². The number of hydrogen-bond acceptors (Lipinski definition) is 6. The number of nitro groups is 1. The Bertz CT molecular complexity index is 1050. The van der Waals surface area contributed by atoms with Gasteiger partial charge in [0.2, 0.25) is 10.0 Å². The zero-order chi connectivity index (χ0) is 22.4. The maximum Gasteiger partial charge on any atom is 0.273 e. The van der Waals surface area contributed by atoms with Crippen molar-refractivity contribution in [2.45, 2.75) is 43.0 Å². The van der Waals surface area contributed by atoms with E-state index in [0.29, 0.717) is 0 Å². The Kier molecular flexibility index (Phi) is 7.24. The Morgan fingerprint density at radius 3 is 2.58 bits per heavy atom. The van der Waals surface area contributed by atoms with Crippen molar-refractivity contribution in [3.05, 3.63) is 58.6 Å². The largest absolute Gasteiger partial charge is 0.484 e. The summed E-state index contributed by atoms with van der Waals surface area (Å²) in [5.41, 5.74) is 0.0119. The summed E-state index contributed by atoms with van der Waals surface area (Å²) in [6, 6.07) is 11.7. The summed E-state index contributed by atoms with van der Waals surface area (Å²) in [6.45, 7) is -0.423. The molecule has 1 aliphatic rings. The third-order valence-electron chi connectivity index (χ3n) is 5.31. The molecule has 0 radical (unpaired) electrons. The molecule has 1 saturated carbocycles. The van der Waals surface area contributed by atoms with Crippen LogP contribution in [-0.4, -0.2) is 43.2 Å². The summed E-state index contributed by atoms with van der Waals surface area (Å²) in [4.78, 5) is 22.7. The lowest BCUT2D eigenvalue weighted by atomic mass is 9.96. The average Bonchev–Trinajstić information content (AvgIpc) is 2.78. The predicted octanol–water partition coefficient (Wildman–Crippen LogP) is 3.57. The van der Waals surface area contributed by atoms with Crippen molar-refractivity contribution < 1.29 is 22.9 Å². The lowest BCUT2D eigenvalue weighted by Crippen LogP contribution is -2.38. The van der Waals surface area contributed by atoms with E-state index in [1.54, 1.807) is 19.2 Å². The van der Waals surface area contributed by atoms with E-state index in [2.05, 4.69) is 5.32 Å². The zero-order valence-electron chi connectivity index (χ0n) is 17.2. The van der Waals surface area contributed by atoms with E-state index in [1.165, 1.54) is 40.7 Å². The third kappa shape index (κ3) is 5.59. The van der Waals surface area contributed by atoms with Crippen LogP contribution < -0.4 is 10.1 Å². The molecule has 3 rings (SSSR count). The highest BCUT2D eigenvalue weighted by atomic mass is 32.2. The van der Waals surface area contributed by atoms with Gasteiger partial charge < -0.3 is 10.1 Å². The Hall–Kier alpha value is -2.98. The van der Waals surface area contributed by atoms with Gasteiger partial charge in [-0.25, -0.2) is 8.42 Å². The van der Waals surface area contributed by atoms with Crippen molar-refractivity contribution in [3.63, 3.8) is 0 Å². The Morgan fingerprint density at radius 1 is 1.16 bits per heavy atom. The first-order valence-corrected chi connectivity index (χ1v) is 11.5. The van der Waals surface area contributed by atoms with Gasteiger partial charge in [-0.2, -0.15) is 4.31 Å². The van der Waals surface area contributed by atoms with Gasteiger partial charge in [-0.3, -0.25) is 14.9 Å². The number of carbonyl (C=O) groups excluding carboxylic acids is 1. The van der Waals surface area contributed by atoms with E-state index in [9.17, 15) is 23.3 Å². The molecule has 1 amide bonds. The second-order valence-corrected chi connectivity index (χ2v) is 9.37. The number of benzene rings is 2. The monoisotopic (exact) mass is 447 g/mol. The van der Waals surface area contributed by atoms with Crippen molar-refractivity contribution in [2.24, 2.45) is 0 Å². The lowest BCUT2D eigenvalue weighted by Gasteiger charge is -2.30. The van der Waals surface area contributed by atoms with E-state index >= 15 is 0 Å². The van der Waals surface area contributed by atoms with Gasteiger partial charge in [0.25, 0.3) is 11.6 Å². The Balaban J connectivity index is 1.70. The number of rotatable bonds is 8. The quantitative estimate of drug-likeness (QED) is 0.488. The van der Waals surface area contributed by atoms with Crippen molar-refractivity contribution in [1.29, 1.82) is 0 Å². The van der Waals surface area contributed by atoms with Crippen molar-refractivity contribution >= 4 is 27.3 Å². The second kappa shape index (κ2) is 9.88. The normalized spacial score (nSPS) is 14.9. The van der Waals surface area contributed by atoms with E-state index < -0.39 is 27.5 Å². The maximum absolute atomic E-state index is 13.2. The van der Waals surface area contributed by atoms with Crippen LogP contribution in [0.15, 0.2) is 53.4 Å². The molecule has 9 nitrogen and oxygen atoms in total. The number of ether oxygens (including phenoxy) is 1. The Morgan fingerprint density at radius 2 is 1.87 bits per heavy atom. The number of hydrogen-bond donors (Lipinski definition) is 1. The standard InChI is InChI=1S/C21H25N3O6S/c1-23(16-8-3-2-4-9-16)31(28,29)20-13-6-5-12-19(20)22-21(25)15-30-18-11-7-10-17(14-18)24(26)27/h5-7,10-14,16H,2-4,8-9,15H2,1H3,(H,22,25). The lowest BCUT2D eigenvalue weighted by molar-refractivity contribution is -0.384. The van der Waals surface area contributed by atoms with Crippen LogP contribution in [0.2, 0.25) is 0 Å². The molecule has 0 unspecified atom stereocenters. The molecule has 31 heavy (non-hydrogen) atoms. The molecule has 0 aromatic heterocycles. The van der Waals surface area contributed by atoms with Gasteiger partial charge in [0.1, 0.15) is 10.6 Å². The highest BCUT2D eigenvalue weighted by Gasteiger charge is 2.31. The highest BCUT2D eigenvalue weighted by molar-refractivity contribution is 7.89. The molecule has 1 N–H and O–H groups in total. The number of nitro benzene ring substituents is 1. The smallest absolute Gasteiger partial charge is 0.273 e. The van der Waals surface area contributed by atoms with Gasteiger partial charge in [-0.1, -0.05) is 37.5 Å². The van der Waals surface area contributed by atoms with E-state index in [0.717, 1.165) is 32.1 Å². The van der Waals surface area contributed by atoms with E-state index in [1.807, 2.05) is 0 Å². The topological polar surface area (TPSA) is 119 Å². The third-order valence-corrected chi connectivity index (χ3v) is 7.27. The van der Waals surface area contributed by atoms with Crippen LogP contribution in [0.25, 0.3) is 0 Å². The minimum absolute atomic E-state index is 0.0202. The second-order valence-electron chi connectivity index (χ2n) is 7.40. The number of amides is 1. The van der Waals surface area contributed by atoms with Crippen LogP contribution in [0.4, 0.5) is 11.4 Å². The fourth-order valence-electron chi connectivity index (χ4n) is 3.61. The number of para-hydroxylation sites is 1. The minimum atomic E-state index is -3.79. The highest BCUT2D eigenvalue weighted by Crippen LogP contribution is 2.29. The molecule has 10 heteroatoms. The molecule has 1 fully saturated rings. The number of non-ortho nitro benzene ring substituents is 1. The summed E-state index contributed by atoms with van der Waals surface area (Å²) in [5, 5.41) is 13.4. The molecule has 0 aliphatic heterocycles. The first-order chi connectivity index (χ1) is 14.8. The van der Waals surface area contributed by atoms with Crippen molar-refractivity contribution in [1.82, 2.24) is 4.31 Å². The molecule has 0 spiro atoms. The van der Waals surface area contributed by atoms with Gasteiger partial charge in [-0.05, 0) is 31.0 Å². The van der Waals surface area contributed by atoms with E-state index in [4.69, 9.17) is 4.74 Å². The fourth-order valence-corrected chi connectivity index (χ4v) is 5.17. The molecule has 0 atom stereocenters. The first kappa shape index (κ1) is 22.7. The molecule has 0 bridgehead atoms. The number of carbonyl (C=O) groups is 1. The average molecular weight is 448 g/mol. The zero-order valence-corrected chi connectivity index (χ0v) is 18.0. The first-order valence-electron chi connectivity index (χ1n) is 10.0. The van der Waals surface area contributed by atoms with Crippen LogP contribution in [0.3, 0.4) is 0 Å². The summed E-state index contributed by atoms with van der Waals surface area (Å²) >= 11 is 0. The molecule has 2 aromatic rings. The van der Waals surface area contributed by atoms with Gasteiger partial charge in [-0.15, -0.1) is 0 Å². The molecular formula is C21H25N3O6S. The van der Waals surface area contributed by atoms with Crippen LogP contribution in [0.1, 0.15) is 32.1 Å². The summed E-state index contributed by atoms with van der Waals surface area (Å²) < 4.78 is 33.1. The minimum Gasteiger partial charge on any atom is -0.484 e. The summed E-state index contributed by atoms with van der Waals surface area (Å²) in [7, 11) is -2.22. The fraction of sp³-hybridized carbons (Fsp3) is 0.381. The van der Waals surface area contributed by atoms with Gasteiger partial charge in [0.05, 0.1) is 16.7 Å². The number of nitrogens with one attached hydrogen (secondary N) is 1. The van der Waals surface area contributed by atoms with Crippen LogP contribution in [0, 0.1) is 10.1 Å². The molecule has 166 valence electrons. The maximum atomic E-state index is 13.2. The molecule has 1 aliphatic carbocycles. The van der Waals surface area contributed by atoms with Gasteiger partial charge >= 0.3 is 0 Å². The van der Waals surface area contributed by atoms with Crippen LogP contribution in [-0.2, 0) is 14.8 Å². The van der Waals surface area contributed by atoms with Crippen LogP contribution >= 0.6 is 0 Å². The molecule has 0 saturated heterocycles. The van der Waals surface area contributed by atoms with Gasteiger partial charge in [0, 0.05) is 19.2 Å². The molecule has 0 heterocycles. The molecular weight excluding hydrogens is 422 g/mol. The van der Waals surface area contributed by atoms with Gasteiger partial charge in [0.15, 0.2) is 6.61 Å².